The summed E-state index contributed by atoms with van der Waals surface area (Å²) < 4.78 is 18.4. The maximum atomic E-state index is 13.3. The zero-order valence-electron chi connectivity index (χ0n) is 14.3. The zero-order valence-corrected chi connectivity index (χ0v) is 15.0. The average Bonchev–Trinajstić information content (AvgIpc) is 3.03. The van der Waals surface area contributed by atoms with Crippen molar-refractivity contribution in [2.75, 3.05) is 39.9 Å². The Hall–Kier alpha value is -1.66. The first kappa shape index (κ1) is 18.1. The molecule has 25 heavy (non-hydrogen) atoms. The van der Waals surface area contributed by atoms with Crippen LogP contribution in [0.5, 0.6) is 0 Å². The van der Waals surface area contributed by atoms with Crippen molar-refractivity contribution in [2.45, 2.75) is 19.3 Å². The van der Waals surface area contributed by atoms with Crippen LogP contribution >= 0.6 is 11.6 Å². The van der Waals surface area contributed by atoms with Crippen molar-refractivity contribution in [2.24, 2.45) is 5.41 Å². The van der Waals surface area contributed by atoms with Crippen LogP contribution in [0.2, 0.25) is 5.02 Å². The standard InChI is InChI=1S/C18H22ClFN2O3/c1-25-10-9-21-7-2-5-18(17(21)24)6-8-22(12-18)16(23)13-3-4-15(20)14(19)11-13/h3-4,11H,2,5-10,12H2,1H3/t18-/m0/s1. The summed E-state index contributed by atoms with van der Waals surface area (Å²) in [6.07, 6.45) is 2.39. The van der Waals surface area contributed by atoms with E-state index >= 15 is 0 Å². The number of hydrogen-bond acceptors (Lipinski definition) is 3. The minimum Gasteiger partial charge on any atom is -0.383 e. The minimum absolute atomic E-state index is 0.0701. The molecule has 7 heteroatoms. The summed E-state index contributed by atoms with van der Waals surface area (Å²) in [5, 5.41) is -0.0701. The second-order valence-electron chi connectivity index (χ2n) is 6.77. The van der Waals surface area contributed by atoms with E-state index in [1.54, 1.807) is 12.0 Å². The number of carbonyl (C=O) groups excluding carboxylic acids is 2. The van der Waals surface area contributed by atoms with E-state index < -0.39 is 11.2 Å². The molecule has 2 fully saturated rings. The van der Waals surface area contributed by atoms with Crippen molar-refractivity contribution in [3.8, 4) is 0 Å². The SMILES string of the molecule is COCCN1CCC[C@@]2(CCN(C(=O)c3ccc(F)c(Cl)c3)C2)C1=O. The van der Waals surface area contributed by atoms with Crippen molar-refractivity contribution in [1.29, 1.82) is 0 Å². The van der Waals surface area contributed by atoms with E-state index in [4.69, 9.17) is 16.3 Å². The highest BCUT2D eigenvalue weighted by molar-refractivity contribution is 6.31. The fourth-order valence-corrected chi connectivity index (χ4v) is 3.98. The van der Waals surface area contributed by atoms with Crippen molar-refractivity contribution in [3.05, 3.63) is 34.6 Å². The number of halogens is 2. The van der Waals surface area contributed by atoms with E-state index in [0.29, 0.717) is 38.2 Å². The molecule has 0 bridgehead atoms. The Bertz CT molecular complexity index is 684. The minimum atomic E-state index is -0.549. The second kappa shape index (κ2) is 7.30. The van der Waals surface area contributed by atoms with Crippen LogP contribution in [0.1, 0.15) is 29.6 Å². The molecule has 2 amide bonds. The molecule has 1 aromatic rings. The molecule has 2 aliphatic rings. The Kier molecular flexibility index (Phi) is 5.29. The van der Waals surface area contributed by atoms with Gasteiger partial charge < -0.3 is 14.5 Å². The highest BCUT2D eigenvalue weighted by atomic mass is 35.5. The molecule has 0 unspecified atom stereocenters. The van der Waals surface area contributed by atoms with E-state index in [1.807, 2.05) is 4.90 Å². The summed E-state index contributed by atoms with van der Waals surface area (Å²) in [6, 6.07) is 3.97. The van der Waals surface area contributed by atoms with Gasteiger partial charge in [0.25, 0.3) is 5.91 Å². The Morgan fingerprint density at radius 2 is 2.16 bits per heavy atom. The Morgan fingerprint density at radius 1 is 1.36 bits per heavy atom. The number of piperidine rings is 1. The van der Waals surface area contributed by atoms with Gasteiger partial charge in [-0.1, -0.05) is 11.6 Å². The third-order valence-corrected chi connectivity index (χ3v) is 5.49. The quantitative estimate of drug-likeness (QED) is 0.820. The molecule has 0 saturated carbocycles. The number of nitrogens with zero attached hydrogens (tertiary/aromatic N) is 2. The van der Waals surface area contributed by atoms with E-state index in [9.17, 15) is 14.0 Å². The Morgan fingerprint density at radius 3 is 2.88 bits per heavy atom. The van der Waals surface area contributed by atoms with E-state index in [1.165, 1.54) is 18.2 Å². The number of benzene rings is 1. The summed E-state index contributed by atoms with van der Waals surface area (Å²) in [5.41, 5.74) is -0.145. The van der Waals surface area contributed by atoms with Gasteiger partial charge in [0.15, 0.2) is 0 Å². The molecule has 136 valence electrons. The predicted octanol–water partition coefficient (Wildman–Crippen LogP) is 2.58. The van der Waals surface area contributed by atoms with Crippen molar-refractivity contribution >= 4 is 23.4 Å². The summed E-state index contributed by atoms with van der Waals surface area (Å²) in [7, 11) is 1.62. The largest absolute Gasteiger partial charge is 0.383 e. The monoisotopic (exact) mass is 368 g/mol. The normalized spacial score (nSPS) is 23.6. The van der Waals surface area contributed by atoms with E-state index in [0.717, 1.165) is 19.4 Å². The van der Waals surface area contributed by atoms with Gasteiger partial charge in [-0.2, -0.15) is 0 Å². The molecule has 2 aliphatic heterocycles. The van der Waals surface area contributed by atoms with Crippen LogP contribution in [0.4, 0.5) is 4.39 Å². The van der Waals surface area contributed by atoms with Gasteiger partial charge in [-0.3, -0.25) is 9.59 Å². The second-order valence-corrected chi connectivity index (χ2v) is 7.18. The molecule has 2 saturated heterocycles. The highest BCUT2D eigenvalue weighted by Crippen LogP contribution is 2.40. The van der Waals surface area contributed by atoms with Crippen LogP contribution in [0.3, 0.4) is 0 Å². The van der Waals surface area contributed by atoms with Gasteiger partial charge in [0.1, 0.15) is 5.82 Å². The van der Waals surface area contributed by atoms with Gasteiger partial charge >= 0.3 is 0 Å². The summed E-state index contributed by atoms with van der Waals surface area (Å²) in [4.78, 5) is 29.1. The predicted molar refractivity (Wildman–Crippen MR) is 92.1 cm³/mol. The molecule has 1 atom stereocenters. The molecular formula is C18H22ClFN2O3. The first-order valence-electron chi connectivity index (χ1n) is 8.49. The summed E-state index contributed by atoms with van der Waals surface area (Å²) in [5.74, 6) is -0.642. The smallest absolute Gasteiger partial charge is 0.253 e. The lowest BCUT2D eigenvalue weighted by Gasteiger charge is -2.39. The lowest BCUT2D eigenvalue weighted by molar-refractivity contribution is -0.146. The van der Waals surface area contributed by atoms with Gasteiger partial charge in [-0.25, -0.2) is 4.39 Å². The molecular weight excluding hydrogens is 347 g/mol. The molecule has 0 aliphatic carbocycles. The number of amides is 2. The fourth-order valence-electron chi connectivity index (χ4n) is 3.80. The van der Waals surface area contributed by atoms with Crippen LogP contribution in [-0.2, 0) is 9.53 Å². The molecule has 0 radical (unpaired) electrons. The van der Waals surface area contributed by atoms with Crippen LogP contribution in [0.15, 0.2) is 18.2 Å². The molecule has 0 N–H and O–H groups in total. The number of carbonyl (C=O) groups is 2. The van der Waals surface area contributed by atoms with E-state index in [2.05, 4.69) is 0 Å². The summed E-state index contributed by atoms with van der Waals surface area (Å²) >= 11 is 5.78. The van der Waals surface area contributed by atoms with Crippen LogP contribution in [0, 0.1) is 11.2 Å². The van der Waals surface area contributed by atoms with Crippen molar-refractivity contribution in [3.63, 3.8) is 0 Å². The maximum absolute atomic E-state index is 13.3. The van der Waals surface area contributed by atoms with Gasteiger partial charge in [0.2, 0.25) is 5.91 Å². The van der Waals surface area contributed by atoms with Crippen LogP contribution < -0.4 is 0 Å². The maximum Gasteiger partial charge on any atom is 0.253 e. The Balaban J connectivity index is 1.72. The van der Waals surface area contributed by atoms with E-state index in [-0.39, 0.29) is 16.8 Å². The first-order valence-corrected chi connectivity index (χ1v) is 8.87. The molecule has 1 aromatic carbocycles. The molecule has 1 spiro atoms. The fraction of sp³-hybridized carbons (Fsp3) is 0.556. The highest BCUT2D eigenvalue weighted by Gasteiger charge is 2.49. The van der Waals surface area contributed by atoms with Crippen molar-refractivity contribution < 1.29 is 18.7 Å². The number of hydrogen-bond donors (Lipinski definition) is 0. The van der Waals surface area contributed by atoms with Crippen molar-refractivity contribution in [1.82, 2.24) is 9.80 Å². The number of likely N-dealkylation sites (tertiary alicyclic amines) is 2. The average molecular weight is 369 g/mol. The third-order valence-electron chi connectivity index (χ3n) is 5.20. The molecule has 2 heterocycles. The molecule has 3 rings (SSSR count). The number of rotatable bonds is 4. The molecule has 5 nitrogen and oxygen atoms in total. The van der Waals surface area contributed by atoms with Gasteiger partial charge in [0.05, 0.1) is 17.0 Å². The van der Waals surface area contributed by atoms with Crippen LogP contribution in [-0.4, -0.2) is 61.5 Å². The lowest BCUT2D eigenvalue weighted by Crippen LogP contribution is -2.51. The molecule has 0 aromatic heterocycles. The van der Waals surface area contributed by atoms with Gasteiger partial charge in [0, 0.05) is 38.9 Å². The zero-order chi connectivity index (χ0) is 18.0. The number of methoxy groups -OCH3 is 1. The first-order chi connectivity index (χ1) is 12.0. The van der Waals surface area contributed by atoms with Gasteiger partial charge in [-0.15, -0.1) is 0 Å². The van der Waals surface area contributed by atoms with Gasteiger partial charge in [-0.05, 0) is 37.5 Å². The Labute approximate surface area is 151 Å². The number of ether oxygens (including phenoxy) is 1. The summed E-state index contributed by atoms with van der Waals surface area (Å²) in [6.45, 7) is 2.77. The lowest BCUT2D eigenvalue weighted by atomic mass is 9.78. The topological polar surface area (TPSA) is 49.9 Å². The third kappa shape index (κ3) is 3.51. The van der Waals surface area contributed by atoms with Crippen LogP contribution in [0.25, 0.3) is 0 Å².